The van der Waals surface area contributed by atoms with E-state index in [1.54, 1.807) is 7.11 Å². The number of rotatable bonds is 11. The predicted molar refractivity (Wildman–Crippen MR) is 77.3 cm³/mol. The molecule has 19 heavy (non-hydrogen) atoms. The van der Waals surface area contributed by atoms with E-state index in [-0.39, 0.29) is 12.0 Å². The van der Waals surface area contributed by atoms with Crippen LogP contribution in [0.15, 0.2) is 0 Å². The molecule has 0 aliphatic heterocycles. The number of hydrogen-bond donors (Lipinski definition) is 1. The van der Waals surface area contributed by atoms with Crippen molar-refractivity contribution in [2.24, 2.45) is 0 Å². The number of nitrogens with zero attached hydrogens (tertiary/aromatic N) is 1. The highest BCUT2D eigenvalue weighted by molar-refractivity contribution is 5.75. The smallest absolute Gasteiger partial charge is 0.324 e. The fourth-order valence-electron chi connectivity index (χ4n) is 1.88. The van der Waals surface area contributed by atoms with Crippen molar-refractivity contribution in [3.05, 3.63) is 0 Å². The van der Waals surface area contributed by atoms with Crippen molar-refractivity contribution in [1.29, 1.82) is 0 Å². The van der Waals surface area contributed by atoms with E-state index in [0.717, 1.165) is 25.9 Å². The highest BCUT2D eigenvalue weighted by Crippen LogP contribution is 2.05. The Labute approximate surface area is 117 Å². The van der Waals surface area contributed by atoms with E-state index < -0.39 is 0 Å². The zero-order valence-electron chi connectivity index (χ0n) is 13.1. The van der Waals surface area contributed by atoms with Gasteiger partial charge in [-0.05, 0) is 26.3 Å². The van der Waals surface area contributed by atoms with Crippen molar-refractivity contribution in [1.82, 2.24) is 10.2 Å². The van der Waals surface area contributed by atoms with Crippen molar-refractivity contribution in [3.63, 3.8) is 0 Å². The van der Waals surface area contributed by atoms with Crippen LogP contribution in [0, 0.1) is 0 Å². The summed E-state index contributed by atoms with van der Waals surface area (Å²) in [5.41, 5.74) is 0. The van der Waals surface area contributed by atoms with Gasteiger partial charge in [-0.25, -0.2) is 0 Å². The first-order chi connectivity index (χ1) is 9.10. The number of ether oxygens (including phenoxy) is 2. The summed E-state index contributed by atoms with van der Waals surface area (Å²) in [7, 11) is 3.13. The fourth-order valence-corrected chi connectivity index (χ4v) is 1.88. The van der Waals surface area contributed by atoms with Crippen molar-refractivity contribution in [3.8, 4) is 0 Å². The van der Waals surface area contributed by atoms with Gasteiger partial charge in [-0.3, -0.25) is 9.69 Å². The third kappa shape index (κ3) is 7.50. The van der Waals surface area contributed by atoms with Gasteiger partial charge in [-0.15, -0.1) is 0 Å². The van der Waals surface area contributed by atoms with Crippen LogP contribution in [0.1, 0.15) is 33.6 Å². The summed E-state index contributed by atoms with van der Waals surface area (Å²) in [4.78, 5) is 14.1. The largest absolute Gasteiger partial charge is 0.468 e. The lowest BCUT2D eigenvalue weighted by atomic mass is 10.1. The average molecular weight is 274 g/mol. The second-order valence-corrected chi connectivity index (χ2v) is 4.77. The summed E-state index contributed by atoms with van der Waals surface area (Å²) in [5, 5.41) is 3.25. The first-order valence-electron chi connectivity index (χ1n) is 7.14. The average Bonchev–Trinajstić information content (AvgIpc) is 2.44. The van der Waals surface area contributed by atoms with Crippen LogP contribution in [0.25, 0.3) is 0 Å². The molecule has 2 unspecified atom stereocenters. The SMILES string of the molecule is CCCNC(CN(CCOC)C(C)CC)C(=O)OC. The van der Waals surface area contributed by atoms with E-state index in [1.807, 2.05) is 0 Å². The molecule has 2 atom stereocenters. The van der Waals surface area contributed by atoms with Crippen molar-refractivity contribution >= 4 is 5.97 Å². The molecule has 1 N–H and O–H groups in total. The molecule has 0 bridgehead atoms. The molecule has 0 aliphatic rings. The Morgan fingerprint density at radius 2 is 2.00 bits per heavy atom. The lowest BCUT2D eigenvalue weighted by molar-refractivity contribution is -0.143. The van der Waals surface area contributed by atoms with E-state index in [1.165, 1.54) is 7.11 Å². The van der Waals surface area contributed by atoms with Gasteiger partial charge in [-0.2, -0.15) is 0 Å². The van der Waals surface area contributed by atoms with Crippen LogP contribution in [0.2, 0.25) is 0 Å². The number of methoxy groups -OCH3 is 2. The predicted octanol–water partition coefficient (Wildman–Crippen LogP) is 1.27. The van der Waals surface area contributed by atoms with E-state index in [0.29, 0.717) is 19.2 Å². The van der Waals surface area contributed by atoms with Crippen LogP contribution in [0.5, 0.6) is 0 Å². The zero-order chi connectivity index (χ0) is 14.7. The third-order valence-electron chi connectivity index (χ3n) is 3.34. The lowest BCUT2D eigenvalue weighted by Gasteiger charge is -2.31. The van der Waals surface area contributed by atoms with E-state index in [2.05, 4.69) is 31.0 Å². The monoisotopic (exact) mass is 274 g/mol. The first kappa shape index (κ1) is 18.4. The van der Waals surface area contributed by atoms with Crippen LogP contribution in [0.4, 0.5) is 0 Å². The van der Waals surface area contributed by atoms with Gasteiger partial charge in [0.15, 0.2) is 0 Å². The fraction of sp³-hybridized carbons (Fsp3) is 0.929. The molecule has 0 rings (SSSR count). The second-order valence-electron chi connectivity index (χ2n) is 4.77. The van der Waals surface area contributed by atoms with Gasteiger partial charge in [0.1, 0.15) is 6.04 Å². The minimum Gasteiger partial charge on any atom is -0.468 e. The standard InChI is InChI=1S/C14H30N2O3/c1-6-8-15-13(14(17)19-5)11-16(9-10-18-4)12(3)7-2/h12-13,15H,6-11H2,1-5H3. The molecule has 0 spiro atoms. The topological polar surface area (TPSA) is 50.8 Å². The molecular weight excluding hydrogens is 244 g/mol. The van der Waals surface area contributed by atoms with Crippen LogP contribution < -0.4 is 5.32 Å². The number of carbonyl (C=O) groups excluding carboxylic acids is 1. The molecule has 0 heterocycles. The molecule has 0 aromatic carbocycles. The Kier molecular flexibility index (Phi) is 10.8. The maximum Gasteiger partial charge on any atom is 0.324 e. The molecule has 0 aliphatic carbocycles. The molecule has 0 fully saturated rings. The van der Waals surface area contributed by atoms with Crippen molar-refractivity contribution < 1.29 is 14.3 Å². The molecule has 0 amide bonds. The van der Waals surface area contributed by atoms with Crippen LogP contribution >= 0.6 is 0 Å². The van der Waals surface area contributed by atoms with E-state index >= 15 is 0 Å². The summed E-state index contributed by atoms with van der Waals surface area (Å²) in [6, 6.07) is 0.154. The van der Waals surface area contributed by atoms with Gasteiger partial charge in [-0.1, -0.05) is 13.8 Å². The molecular formula is C14H30N2O3. The van der Waals surface area contributed by atoms with Gasteiger partial charge in [0.25, 0.3) is 0 Å². The summed E-state index contributed by atoms with van der Waals surface area (Å²) >= 11 is 0. The molecule has 0 aromatic heterocycles. The molecule has 0 radical (unpaired) electrons. The third-order valence-corrected chi connectivity index (χ3v) is 3.34. The molecule has 0 saturated heterocycles. The molecule has 5 heteroatoms. The Balaban J connectivity index is 4.55. The van der Waals surface area contributed by atoms with Gasteiger partial charge in [0.05, 0.1) is 13.7 Å². The second kappa shape index (κ2) is 11.2. The van der Waals surface area contributed by atoms with Crippen molar-refractivity contribution in [2.75, 3.05) is 40.5 Å². The normalized spacial score (nSPS) is 14.4. The number of carbonyl (C=O) groups is 1. The lowest BCUT2D eigenvalue weighted by Crippen LogP contribution is -2.50. The quantitative estimate of drug-likeness (QED) is 0.575. The van der Waals surface area contributed by atoms with Crippen LogP contribution in [-0.4, -0.2) is 63.4 Å². The maximum absolute atomic E-state index is 11.8. The van der Waals surface area contributed by atoms with E-state index in [9.17, 15) is 4.79 Å². The molecule has 5 nitrogen and oxygen atoms in total. The summed E-state index contributed by atoms with van der Waals surface area (Å²) in [6.07, 6.45) is 2.04. The summed E-state index contributed by atoms with van der Waals surface area (Å²) < 4.78 is 10.0. The van der Waals surface area contributed by atoms with Crippen LogP contribution in [-0.2, 0) is 14.3 Å². The molecule has 0 saturated carbocycles. The van der Waals surface area contributed by atoms with E-state index in [4.69, 9.17) is 9.47 Å². The summed E-state index contributed by atoms with van der Waals surface area (Å²) in [6.45, 7) is 9.38. The number of nitrogens with one attached hydrogen (secondary N) is 1. The molecule has 0 aromatic rings. The number of esters is 1. The Hall–Kier alpha value is -0.650. The Bertz CT molecular complexity index is 237. The van der Waals surface area contributed by atoms with Gasteiger partial charge >= 0.3 is 5.97 Å². The van der Waals surface area contributed by atoms with Gasteiger partial charge in [0, 0.05) is 26.2 Å². The maximum atomic E-state index is 11.8. The van der Waals surface area contributed by atoms with Crippen molar-refractivity contribution in [2.45, 2.75) is 45.7 Å². The minimum atomic E-state index is -0.268. The van der Waals surface area contributed by atoms with Gasteiger partial charge < -0.3 is 14.8 Å². The number of hydrogen-bond acceptors (Lipinski definition) is 5. The van der Waals surface area contributed by atoms with Gasteiger partial charge in [0.2, 0.25) is 0 Å². The Morgan fingerprint density at radius 3 is 2.47 bits per heavy atom. The summed E-state index contributed by atoms with van der Waals surface area (Å²) in [5.74, 6) is -0.195. The highest BCUT2D eigenvalue weighted by atomic mass is 16.5. The Morgan fingerprint density at radius 1 is 1.32 bits per heavy atom. The first-order valence-corrected chi connectivity index (χ1v) is 7.14. The van der Waals surface area contributed by atoms with Crippen LogP contribution in [0.3, 0.4) is 0 Å². The highest BCUT2D eigenvalue weighted by Gasteiger charge is 2.23. The zero-order valence-corrected chi connectivity index (χ0v) is 13.1. The minimum absolute atomic E-state index is 0.195. The molecule has 114 valence electrons.